The molecule has 1 atom stereocenters. The fraction of sp³-hybridized carbons (Fsp3) is 0.310. The van der Waals surface area contributed by atoms with Crippen molar-refractivity contribution in [1.29, 1.82) is 0 Å². The second-order valence-electron chi connectivity index (χ2n) is 9.62. The summed E-state index contributed by atoms with van der Waals surface area (Å²) >= 11 is 1.55. The van der Waals surface area contributed by atoms with Crippen molar-refractivity contribution in [1.82, 2.24) is 19.8 Å². The van der Waals surface area contributed by atoms with Gasteiger partial charge in [-0.3, -0.25) is 4.98 Å². The number of aryl methyl sites for hydroxylation is 1. The van der Waals surface area contributed by atoms with Crippen LogP contribution < -0.4 is 10.6 Å². The van der Waals surface area contributed by atoms with E-state index < -0.39 is 6.23 Å². The van der Waals surface area contributed by atoms with E-state index in [0.29, 0.717) is 0 Å². The summed E-state index contributed by atoms with van der Waals surface area (Å²) in [5.74, 6) is 0. The Morgan fingerprint density at radius 1 is 1.05 bits per heavy atom. The highest BCUT2D eigenvalue weighted by Crippen LogP contribution is 2.30. The number of thiazole rings is 1. The summed E-state index contributed by atoms with van der Waals surface area (Å²) in [5, 5.41) is 20.3. The summed E-state index contributed by atoms with van der Waals surface area (Å²) < 4.78 is 0. The molecular weight excluding hydrogens is 480 g/mol. The lowest BCUT2D eigenvalue weighted by Crippen LogP contribution is -2.45. The molecule has 7 nitrogen and oxygen atoms in total. The Kier molecular flexibility index (Phi) is 8.11. The summed E-state index contributed by atoms with van der Waals surface area (Å²) in [4.78, 5) is 13.8. The smallest absolute Gasteiger partial charge is 0.187 e. The molecule has 3 heterocycles. The van der Waals surface area contributed by atoms with Crippen LogP contribution in [0.4, 0.5) is 16.5 Å². The van der Waals surface area contributed by atoms with E-state index >= 15 is 0 Å². The Balaban J connectivity index is 1.18. The highest BCUT2D eigenvalue weighted by atomic mass is 32.1. The molecule has 1 unspecified atom stereocenters. The first-order valence-corrected chi connectivity index (χ1v) is 13.6. The lowest BCUT2D eigenvalue weighted by atomic mass is 10.1. The van der Waals surface area contributed by atoms with Gasteiger partial charge in [0.25, 0.3) is 0 Å². The van der Waals surface area contributed by atoms with Crippen molar-refractivity contribution in [3.8, 4) is 11.3 Å². The van der Waals surface area contributed by atoms with Gasteiger partial charge in [-0.2, -0.15) is 0 Å². The minimum atomic E-state index is -0.792. The van der Waals surface area contributed by atoms with E-state index in [-0.39, 0.29) is 0 Å². The van der Waals surface area contributed by atoms with Crippen molar-refractivity contribution in [2.24, 2.45) is 0 Å². The largest absolute Gasteiger partial charge is 0.369 e. The average molecular weight is 515 g/mol. The molecule has 192 valence electrons. The molecule has 1 saturated heterocycles. The Bertz CT molecular complexity index is 1290. The third kappa shape index (κ3) is 6.72. The average Bonchev–Trinajstić information content (AvgIpc) is 3.40. The van der Waals surface area contributed by atoms with Gasteiger partial charge in [-0.25, -0.2) is 4.98 Å². The zero-order valence-corrected chi connectivity index (χ0v) is 22.2. The SMILES string of the molecule is Cc1ccc(NC(O)c2ccc(CCN3CCN(C)CC3)cc2)cc1Nc1nc(-c2cccnc2)cs1. The van der Waals surface area contributed by atoms with Gasteiger partial charge < -0.3 is 25.5 Å². The van der Waals surface area contributed by atoms with Crippen molar-refractivity contribution < 1.29 is 5.11 Å². The van der Waals surface area contributed by atoms with E-state index in [2.05, 4.69) is 51.5 Å². The molecule has 8 heteroatoms. The number of likely N-dealkylation sites (N-methyl/N-ethyl adjacent to an activating group) is 1. The van der Waals surface area contributed by atoms with E-state index in [1.165, 1.54) is 5.56 Å². The van der Waals surface area contributed by atoms with Gasteiger partial charge in [0.05, 0.1) is 5.69 Å². The molecule has 0 radical (unpaired) electrons. The Morgan fingerprint density at radius 3 is 2.62 bits per heavy atom. The first-order valence-electron chi connectivity index (χ1n) is 12.7. The summed E-state index contributed by atoms with van der Waals surface area (Å²) in [5.41, 5.74) is 6.92. The van der Waals surface area contributed by atoms with Crippen LogP contribution in [-0.4, -0.2) is 64.6 Å². The Labute approximate surface area is 222 Å². The number of hydrogen-bond acceptors (Lipinski definition) is 8. The Morgan fingerprint density at radius 2 is 1.86 bits per heavy atom. The minimum Gasteiger partial charge on any atom is -0.369 e. The molecule has 1 aliphatic heterocycles. The minimum absolute atomic E-state index is 0.792. The molecular formula is C29H34N6OS. The third-order valence-electron chi connectivity index (χ3n) is 6.85. The van der Waals surface area contributed by atoms with Crippen LogP contribution in [0.3, 0.4) is 0 Å². The maximum absolute atomic E-state index is 10.8. The molecule has 1 aliphatic rings. The van der Waals surface area contributed by atoms with Crippen LogP contribution in [-0.2, 0) is 6.42 Å². The molecule has 37 heavy (non-hydrogen) atoms. The van der Waals surface area contributed by atoms with Crippen molar-refractivity contribution in [2.75, 3.05) is 50.4 Å². The van der Waals surface area contributed by atoms with Crippen LogP contribution in [0.1, 0.15) is 22.9 Å². The second kappa shape index (κ2) is 11.8. The van der Waals surface area contributed by atoms with Gasteiger partial charge in [0.2, 0.25) is 0 Å². The molecule has 0 amide bonds. The molecule has 0 bridgehead atoms. The maximum Gasteiger partial charge on any atom is 0.187 e. The quantitative estimate of drug-likeness (QED) is 0.267. The number of aromatic nitrogens is 2. The number of nitrogens with one attached hydrogen (secondary N) is 2. The topological polar surface area (TPSA) is 76.6 Å². The molecule has 5 rings (SSSR count). The molecule has 0 saturated carbocycles. The molecule has 3 N–H and O–H groups in total. The molecule has 2 aromatic heterocycles. The van der Waals surface area contributed by atoms with Gasteiger partial charge in [0, 0.05) is 73.0 Å². The van der Waals surface area contributed by atoms with E-state index in [4.69, 9.17) is 4.98 Å². The number of rotatable bonds is 9. The van der Waals surface area contributed by atoms with Crippen LogP contribution in [0.5, 0.6) is 0 Å². The zero-order chi connectivity index (χ0) is 25.6. The van der Waals surface area contributed by atoms with E-state index in [1.807, 2.05) is 54.0 Å². The number of nitrogens with zero attached hydrogens (tertiary/aromatic N) is 4. The highest BCUT2D eigenvalue weighted by molar-refractivity contribution is 7.14. The van der Waals surface area contributed by atoms with Gasteiger partial charge in [-0.1, -0.05) is 30.3 Å². The zero-order valence-electron chi connectivity index (χ0n) is 21.4. The normalized spacial score (nSPS) is 15.4. The first-order chi connectivity index (χ1) is 18.0. The van der Waals surface area contributed by atoms with Gasteiger partial charge >= 0.3 is 0 Å². The molecule has 0 aliphatic carbocycles. The number of hydrogen-bond donors (Lipinski definition) is 3. The summed E-state index contributed by atoms with van der Waals surface area (Å²) in [6.45, 7) is 7.69. The molecule has 4 aromatic rings. The van der Waals surface area contributed by atoms with E-state index in [1.54, 1.807) is 17.5 Å². The summed E-state index contributed by atoms with van der Waals surface area (Å²) in [6, 6.07) is 18.2. The lowest BCUT2D eigenvalue weighted by Gasteiger charge is -2.32. The van der Waals surface area contributed by atoms with Crippen LogP contribution in [0.2, 0.25) is 0 Å². The fourth-order valence-corrected chi connectivity index (χ4v) is 5.14. The van der Waals surface area contributed by atoms with Gasteiger partial charge in [0.15, 0.2) is 11.4 Å². The van der Waals surface area contributed by atoms with E-state index in [9.17, 15) is 5.11 Å². The number of pyridine rings is 1. The highest BCUT2D eigenvalue weighted by Gasteiger charge is 2.14. The van der Waals surface area contributed by atoms with Crippen molar-refractivity contribution >= 4 is 27.8 Å². The molecule has 1 fully saturated rings. The number of aliphatic hydroxyl groups excluding tert-OH is 1. The first kappa shape index (κ1) is 25.4. The summed E-state index contributed by atoms with van der Waals surface area (Å²) in [6.07, 6.45) is 3.81. The number of aliphatic hydroxyl groups is 1. The van der Waals surface area contributed by atoms with Crippen LogP contribution in [0.25, 0.3) is 11.3 Å². The predicted molar refractivity (Wildman–Crippen MR) is 152 cm³/mol. The Hall–Kier alpha value is -3.30. The van der Waals surface area contributed by atoms with Gasteiger partial charge in [-0.05, 0) is 55.8 Å². The van der Waals surface area contributed by atoms with Gasteiger partial charge in [0.1, 0.15) is 0 Å². The monoisotopic (exact) mass is 514 g/mol. The number of piperazine rings is 1. The van der Waals surface area contributed by atoms with Crippen LogP contribution >= 0.6 is 11.3 Å². The van der Waals surface area contributed by atoms with Crippen molar-refractivity contribution in [2.45, 2.75) is 19.6 Å². The van der Waals surface area contributed by atoms with Crippen molar-refractivity contribution in [3.63, 3.8) is 0 Å². The second-order valence-corrected chi connectivity index (χ2v) is 10.5. The molecule has 0 spiro atoms. The predicted octanol–water partition coefficient (Wildman–Crippen LogP) is 5.15. The molecule has 2 aromatic carbocycles. The number of anilines is 3. The van der Waals surface area contributed by atoms with Crippen LogP contribution in [0, 0.1) is 6.92 Å². The summed E-state index contributed by atoms with van der Waals surface area (Å²) in [7, 11) is 2.18. The van der Waals surface area contributed by atoms with Gasteiger partial charge in [-0.15, -0.1) is 11.3 Å². The van der Waals surface area contributed by atoms with Crippen LogP contribution in [0.15, 0.2) is 72.4 Å². The lowest BCUT2D eigenvalue weighted by molar-refractivity contribution is 0.155. The van der Waals surface area contributed by atoms with Crippen molar-refractivity contribution in [3.05, 3.63) is 89.1 Å². The van der Waals surface area contributed by atoms with E-state index in [0.717, 1.165) is 78.0 Å². The number of benzene rings is 2. The standard InChI is InChI=1S/C29H34N6OS/c1-21-5-10-25(18-26(21)32-29-33-27(20-37-29)24-4-3-12-30-19-24)31-28(36)23-8-6-22(7-9-23)11-13-35-16-14-34(2)15-17-35/h3-10,12,18-20,28,31,36H,11,13-17H2,1-2H3,(H,32,33). The third-order valence-corrected chi connectivity index (χ3v) is 7.61. The maximum atomic E-state index is 10.8. The fourth-order valence-electron chi connectivity index (χ4n) is 4.41.